The molecular weight excluding hydrogens is 583 g/mol. The van der Waals surface area contributed by atoms with E-state index in [0.29, 0.717) is 0 Å². The maximum atomic E-state index is 6.33. The smallest absolute Gasteiger partial charge is 0.137 e. The Labute approximate surface area is 279 Å². The van der Waals surface area contributed by atoms with Gasteiger partial charge in [0, 0.05) is 16.8 Å². The molecule has 0 radical (unpaired) electrons. The minimum atomic E-state index is 0.875. The van der Waals surface area contributed by atoms with E-state index in [4.69, 9.17) is 4.42 Å². The Bertz CT molecular complexity index is 2560. The van der Waals surface area contributed by atoms with E-state index in [0.717, 1.165) is 39.0 Å². The highest BCUT2D eigenvalue weighted by atomic mass is 16.3. The Hall–Kier alpha value is -6.38. The van der Waals surface area contributed by atoms with Crippen LogP contribution in [0.3, 0.4) is 0 Å². The van der Waals surface area contributed by atoms with E-state index >= 15 is 0 Å². The van der Waals surface area contributed by atoms with Gasteiger partial charge in [-0.15, -0.1) is 0 Å². The Morgan fingerprint density at radius 3 is 1.83 bits per heavy atom. The lowest BCUT2D eigenvalue weighted by Crippen LogP contribution is -2.10. The van der Waals surface area contributed by atoms with Gasteiger partial charge in [0.2, 0.25) is 0 Å². The number of para-hydroxylation sites is 1. The lowest BCUT2D eigenvalue weighted by Gasteiger charge is -2.27. The van der Waals surface area contributed by atoms with Crippen LogP contribution in [0, 0.1) is 0 Å². The molecule has 48 heavy (non-hydrogen) atoms. The summed E-state index contributed by atoms with van der Waals surface area (Å²) in [6, 6.07) is 66.9. The van der Waals surface area contributed by atoms with Gasteiger partial charge in [-0.3, -0.25) is 0 Å². The van der Waals surface area contributed by atoms with Crippen molar-refractivity contribution in [1.29, 1.82) is 0 Å². The highest BCUT2D eigenvalue weighted by Crippen LogP contribution is 2.44. The summed E-state index contributed by atoms with van der Waals surface area (Å²) in [6.45, 7) is 0. The summed E-state index contributed by atoms with van der Waals surface area (Å²) in [5, 5.41) is 4.72. The predicted molar refractivity (Wildman–Crippen MR) is 202 cm³/mol. The van der Waals surface area contributed by atoms with Crippen molar-refractivity contribution in [2.75, 3.05) is 4.90 Å². The SMILES string of the molecule is c1ccc(-c2cccc(N(c3ccc(-c4cccc(-c5cccc6ccccc56)c4)cc3)c3cccc4oc5ccccc5c34)c2)cc1. The Morgan fingerprint density at radius 1 is 0.354 bits per heavy atom. The number of anilines is 3. The third-order valence-corrected chi connectivity index (χ3v) is 9.25. The summed E-state index contributed by atoms with van der Waals surface area (Å²) in [5.41, 5.74) is 12.2. The number of benzene rings is 8. The number of hydrogen-bond acceptors (Lipinski definition) is 2. The summed E-state index contributed by atoms with van der Waals surface area (Å²) >= 11 is 0. The van der Waals surface area contributed by atoms with Crippen LogP contribution in [-0.4, -0.2) is 0 Å². The van der Waals surface area contributed by atoms with E-state index < -0.39 is 0 Å². The highest BCUT2D eigenvalue weighted by molar-refractivity contribution is 6.13. The standard InChI is InChI=1S/C46H31NO/c1-2-12-32(13-3-1)36-17-9-19-39(31-36)47(43-23-11-25-45-46(43)42-21-6-7-24-44(42)48-45)38-28-26-33(27-29-38)35-16-8-18-37(30-35)41-22-10-15-34-14-4-5-20-40(34)41/h1-31H. The van der Waals surface area contributed by atoms with Crippen molar-refractivity contribution < 1.29 is 4.42 Å². The van der Waals surface area contributed by atoms with Gasteiger partial charge in [0.1, 0.15) is 11.2 Å². The molecule has 0 N–H and O–H groups in total. The number of furan rings is 1. The average molecular weight is 614 g/mol. The molecule has 0 saturated carbocycles. The Balaban J connectivity index is 1.17. The van der Waals surface area contributed by atoms with Gasteiger partial charge in [0.15, 0.2) is 0 Å². The van der Waals surface area contributed by atoms with Crippen LogP contribution in [0.5, 0.6) is 0 Å². The molecule has 9 rings (SSSR count). The minimum absolute atomic E-state index is 0.875. The molecule has 1 heterocycles. The van der Waals surface area contributed by atoms with Crippen molar-refractivity contribution in [3.05, 3.63) is 188 Å². The summed E-state index contributed by atoms with van der Waals surface area (Å²) < 4.78 is 6.33. The van der Waals surface area contributed by atoms with Crippen molar-refractivity contribution in [2.45, 2.75) is 0 Å². The molecule has 0 aliphatic rings. The van der Waals surface area contributed by atoms with Crippen LogP contribution < -0.4 is 4.90 Å². The van der Waals surface area contributed by atoms with Crippen LogP contribution in [0.4, 0.5) is 17.1 Å². The van der Waals surface area contributed by atoms with Gasteiger partial charge in [0.05, 0.1) is 11.1 Å². The molecule has 1 aromatic heterocycles. The van der Waals surface area contributed by atoms with Crippen LogP contribution in [0.1, 0.15) is 0 Å². The van der Waals surface area contributed by atoms with Crippen LogP contribution >= 0.6 is 0 Å². The normalized spacial score (nSPS) is 11.3. The van der Waals surface area contributed by atoms with Crippen molar-refractivity contribution in [3.8, 4) is 33.4 Å². The number of nitrogens with zero attached hydrogens (tertiary/aromatic N) is 1. The molecule has 0 unspecified atom stereocenters. The van der Waals surface area contributed by atoms with Crippen LogP contribution in [0.15, 0.2) is 192 Å². The summed E-state index contributed by atoms with van der Waals surface area (Å²) in [6.07, 6.45) is 0. The molecule has 0 saturated heterocycles. The fraction of sp³-hybridized carbons (Fsp3) is 0. The van der Waals surface area contributed by atoms with Gasteiger partial charge < -0.3 is 9.32 Å². The first-order valence-corrected chi connectivity index (χ1v) is 16.3. The van der Waals surface area contributed by atoms with E-state index in [9.17, 15) is 0 Å². The highest BCUT2D eigenvalue weighted by Gasteiger charge is 2.20. The molecular formula is C46H31NO. The number of rotatable bonds is 6. The molecule has 0 atom stereocenters. The third-order valence-electron chi connectivity index (χ3n) is 9.25. The first kappa shape index (κ1) is 27.9. The second-order valence-corrected chi connectivity index (χ2v) is 12.2. The second-order valence-electron chi connectivity index (χ2n) is 12.2. The van der Waals surface area contributed by atoms with E-state index in [1.807, 2.05) is 12.1 Å². The molecule has 226 valence electrons. The molecule has 2 nitrogen and oxygen atoms in total. The van der Waals surface area contributed by atoms with Gasteiger partial charge in [-0.05, 0) is 92.7 Å². The van der Waals surface area contributed by atoms with Crippen molar-refractivity contribution >= 4 is 49.8 Å². The largest absolute Gasteiger partial charge is 0.456 e. The molecule has 8 aromatic carbocycles. The minimum Gasteiger partial charge on any atom is -0.456 e. The molecule has 0 aliphatic carbocycles. The van der Waals surface area contributed by atoms with Crippen molar-refractivity contribution in [1.82, 2.24) is 0 Å². The monoisotopic (exact) mass is 613 g/mol. The Kier molecular flexibility index (Phi) is 6.84. The molecule has 2 heteroatoms. The average Bonchev–Trinajstić information content (AvgIpc) is 3.55. The Morgan fingerprint density at radius 2 is 0.958 bits per heavy atom. The van der Waals surface area contributed by atoms with Gasteiger partial charge >= 0.3 is 0 Å². The molecule has 0 aliphatic heterocycles. The fourth-order valence-electron chi connectivity index (χ4n) is 6.97. The van der Waals surface area contributed by atoms with Crippen LogP contribution in [0.2, 0.25) is 0 Å². The second kappa shape index (κ2) is 11.8. The van der Waals surface area contributed by atoms with E-state index in [-0.39, 0.29) is 0 Å². The zero-order valence-electron chi connectivity index (χ0n) is 26.3. The summed E-state index contributed by atoms with van der Waals surface area (Å²) in [5.74, 6) is 0. The van der Waals surface area contributed by atoms with Crippen LogP contribution in [-0.2, 0) is 0 Å². The topological polar surface area (TPSA) is 16.4 Å². The zero-order valence-corrected chi connectivity index (χ0v) is 26.3. The lowest BCUT2D eigenvalue weighted by atomic mass is 9.95. The maximum Gasteiger partial charge on any atom is 0.137 e. The van der Waals surface area contributed by atoms with Gasteiger partial charge in [-0.25, -0.2) is 0 Å². The van der Waals surface area contributed by atoms with E-state index in [2.05, 4.69) is 181 Å². The number of hydrogen-bond donors (Lipinski definition) is 0. The first-order chi connectivity index (χ1) is 23.8. The predicted octanol–water partition coefficient (Wildman–Crippen LogP) is 13.2. The quantitative estimate of drug-likeness (QED) is 0.185. The van der Waals surface area contributed by atoms with Crippen molar-refractivity contribution in [2.24, 2.45) is 0 Å². The molecule has 0 spiro atoms. The first-order valence-electron chi connectivity index (χ1n) is 16.3. The number of fused-ring (bicyclic) bond motifs is 4. The lowest BCUT2D eigenvalue weighted by molar-refractivity contribution is 0.669. The van der Waals surface area contributed by atoms with E-state index in [1.54, 1.807) is 0 Å². The van der Waals surface area contributed by atoms with Gasteiger partial charge in [-0.2, -0.15) is 0 Å². The van der Waals surface area contributed by atoms with E-state index in [1.165, 1.54) is 44.2 Å². The summed E-state index contributed by atoms with van der Waals surface area (Å²) in [7, 11) is 0. The molecule has 9 aromatic rings. The third kappa shape index (κ3) is 4.92. The van der Waals surface area contributed by atoms with Gasteiger partial charge in [0.25, 0.3) is 0 Å². The fourth-order valence-corrected chi connectivity index (χ4v) is 6.97. The van der Waals surface area contributed by atoms with Crippen molar-refractivity contribution in [3.63, 3.8) is 0 Å². The maximum absolute atomic E-state index is 6.33. The van der Waals surface area contributed by atoms with Gasteiger partial charge in [-0.1, -0.05) is 140 Å². The van der Waals surface area contributed by atoms with Crippen LogP contribution in [0.25, 0.3) is 66.1 Å². The zero-order chi connectivity index (χ0) is 31.9. The molecule has 0 bridgehead atoms. The molecule has 0 fully saturated rings. The molecule has 0 amide bonds. The summed E-state index contributed by atoms with van der Waals surface area (Å²) in [4.78, 5) is 2.35.